The second kappa shape index (κ2) is 16.7. The van der Waals surface area contributed by atoms with Crippen molar-refractivity contribution in [2.45, 2.75) is 5.41 Å². The summed E-state index contributed by atoms with van der Waals surface area (Å²) in [7, 11) is 0. The molecule has 0 radical (unpaired) electrons. The van der Waals surface area contributed by atoms with Crippen LogP contribution >= 0.6 is 0 Å². The number of rotatable bonds is 9. The minimum Gasteiger partial charge on any atom is -0.456 e. The van der Waals surface area contributed by atoms with E-state index in [0.29, 0.717) is 0 Å². The third-order valence-corrected chi connectivity index (χ3v) is 14.2. The summed E-state index contributed by atoms with van der Waals surface area (Å²) in [5, 5.41) is 2.26. The van der Waals surface area contributed by atoms with Crippen molar-refractivity contribution in [1.29, 1.82) is 0 Å². The van der Waals surface area contributed by atoms with Crippen molar-refractivity contribution in [2.24, 2.45) is 0 Å². The van der Waals surface area contributed by atoms with E-state index in [0.717, 1.165) is 50.1 Å². The highest BCUT2D eigenvalue weighted by Crippen LogP contribution is 2.58. The van der Waals surface area contributed by atoms with Crippen LogP contribution in [0.5, 0.6) is 0 Å². The highest BCUT2D eigenvalue weighted by atomic mass is 16.3. The molecule has 13 rings (SSSR count). The number of benzene rings is 11. The van der Waals surface area contributed by atoms with E-state index in [9.17, 15) is 0 Å². The smallest absolute Gasteiger partial charge is 0.136 e. The van der Waals surface area contributed by atoms with Gasteiger partial charge in [0.05, 0.1) is 5.41 Å². The minimum absolute atomic E-state index is 0.638. The van der Waals surface area contributed by atoms with E-state index in [1.165, 1.54) is 66.8 Å². The first-order chi connectivity index (χ1) is 34.2. The van der Waals surface area contributed by atoms with Crippen molar-refractivity contribution < 1.29 is 4.42 Å². The second-order valence-corrected chi connectivity index (χ2v) is 18.0. The average Bonchev–Trinajstić information content (AvgIpc) is 3.96. The van der Waals surface area contributed by atoms with Gasteiger partial charge in [-0.2, -0.15) is 0 Å². The van der Waals surface area contributed by atoms with Gasteiger partial charge in [0, 0.05) is 27.8 Å². The third-order valence-electron chi connectivity index (χ3n) is 14.2. The molecule has 1 unspecified atom stereocenters. The van der Waals surface area contributed by atoms with Crippen molar-refractivity contribution in [3.63, 3.8) is 0 Å². The molecule has 1 aliphatic rings. The Labute approximate surface area is 402 Å². The molecule has 0 saturated carbocycles. The Balaban J connectivity index is 1.03. The number of hydrogen-bond donors (Lipinski definition) is 0. The van der Waals surface area contributed by atoms with Crippen LogP contribution in [0.1, 0.15) is 22.3 Å². The molecule has 2 nitrogen and oxygen atoms in total. The molecule has 2 heteroatoms. The van der Waals surface area contributed by atoms with E-state index >= 15 is 0 Å². The fourth-order valence-electron chi connectivity index (χ4n) is 11.0. The quantitative estimate of drug-likeness (QED) is 0.144. The first-order valence-corrected chi connectivity index (χ1v) is 23.7. The normalized spacial score (nSPS) is 13.9. The van der Waals surface area contributed by atoms with E-state index < -0.39 is 5.41 Å². The predicted octanol–water partition coefficient (Wildman–Crippen LogP) is 18.1. The van der Waals surface area contributed by atoms with Crippen molar-refractivity contribution >= 4 is 39.0 Å². The van der Waals surface area contributed by atoms with E-state index in [-0.39, 0.29) is 0 Å². The molecular formula is C67H45NO. The van der Waals surface area contributed by atoms with Crippen molar-refractivity contribution in [1.82, 2.24) is 0 Å². The second-order valence-electron chi connectivity index (χ2n) is 18.0. The van der Waals surface area contributed by atoms with Crippen molar-refractivity contribution in [2.75, 3.05) is 4.90 Å². The van der Waals surface area contributed by atoms with Gasteiger partial charge >= 0.3 is 0 Å². The number of nitrogens with zero attached hydrogens (tertiary/aromatic N) is 1. The van der Waals surface area contributed by atoms with Gasteiger partial charge in [-0.05, 0) is 139 Å². The number of anilines is 3. The minimum atomic E-state index is -0.638. The Morgan fingerprint density at radius 3 is 1.45 bits per heavy atom. The lowest BCUT2D eigenvalue weighted by Crippen LogP contribution is -2.29. The molecule has 11 aromatic carbocycles. The van der Waals surface area contributed by atoms with Crippen LogP contribution in [0.15, 0.2) is 277 Å². The summed E-state index contributed by atoms with van der Waals surface area (Å²) in [5.41, 5.74) is 21.3. The first kappa shape index (κ1) is 40.3. The standard InChI is InChI=1S/C67H45NO/c1-5-17-46(18-6-1)49-31-36-55(37-32-49)68(56-38-33-50(34-39-56)58-28-16-30-65-66(58)60-27-13-14-29-64(60)69-65)57-40-41-59-61-44-52(48-21-9-3-10-22-48)35-42-62(61)67(63(59)45-57,53-24-11-4-12-25-53)54-26-15-23-51(43-54)47-19-7-2-8-20-47/h1-45H. The molecule has 1 atom stereocenters. The molecule has 0 bridgehead atoms. The SMILES string of the molecule is c1ccc(-c2ccc(N(c3ccc(-c4cccc5oc6ccccc6c45)cc3)c3ccc4c(c3)C(c3ccccc3)(c3cccc(-c5ccccc5)c3)c3ccc(-c5ccccc5)cc3-4)cc2)cc1. The predicted molar refractivity (Wildman–Crippen MR) is 287 cm³/mol. The van der Waals surface area contributed by atoms with Gasteiger partial charge in [0.1, 0.15) is 11.2 Å². The fraction of sp³-hybridized carbons (Fsp3) is 0.0149. The third kappa shape index (κ3) is 6.80. The molecule has 1 aromatic heterocycles. The van der Waals surface area contributed by atoms with Crippen LogP contribution in [0.25, 0.3) is 77.6 Å². The van der Waals surface area contributed by atoms with Gasteiger partial charge < -0.3 is 9.32 Å². The zero-order valence-electron chi connectivity index (χ0n) is 37.8. The van der Waals surface area contributed by atoms with Crippen LogP contribution in [0.3, 0.4) is 0 Å². The maximum absolute atomic E-state index is 6.32. The summed E-state index contributed by atoms with van der Waals surface area (Å²) in [5.74, 6) is 0. The summed E-state index contributed by atoms with van der Waals surface area (Å²) >= 11 is 0. The summed E-state index contributed by atoms with van der Waals surface area (Å²) in [6.45, 7) is 0. The molecule has 12 aromatic rings. The summed E-state index contributed by atoms with van der Waals surface area (Å²) < 4.78 is 6.32. The number of fused-ring (bicyclic) bond motifs is 6. The molecule has 0 amide bonds. The Morgan fingerprint density at radius 2 is 0.768 bits per heavy atom. The maximum atomic E-state index is 6.32. The summed E-state index contributed by atoms with van der Waals surface area (Å²) in [4.78, 5) is 2.42. The largest absolute Gasteiger partial charge is 0.456 e. The van der Waals surface area contributed by atoms with Crippen molar-refractivity contribution in [3.8, 4) is 55.6 Å². The van der Waals surface area contributed by atoms with E-state index in [1.54, 1.807) is 0 Å². The molecule has 0 aliphatic heterocycles. The maximum Gasteiger partial charge on any atom is 0.136 e. The highest BCUT2D eigenvalue weighted by molar-refractivity contribution is 6.12. The monoisotopic (exact) mass is 879 g/mol. The zero-order chi connectivity index (χ0) is 45.7. The van der Waals surface area contributed by atoms with E-state index in [1.807, 2.05) is 12.1 Å². The number of furan rings is 1. The van der Waals surface area contributed by atoms with Gasteiger partial charge in [-0.25, -0.2) is 0 Å². The molecule has 324 valence electrons. The molecular weight excluding hydrogens is 835 g/mol. The summed E-state index contributed by atoms with van der Waals surface area (Å²) in [6.07, 6.45) is 0. The van der Waals surface area contributed by atoms with Crippen LogP contribution in [0.2, 0.25) is 0 Å². The van der Waals surface area contributed by atoms with Crippen LogP contribution in [-0.2, 0) is 5.41 Å². The molecule has 0 saturated heterocycles. The molecule has 0 fully saturated rings. The highest BCUT2D eigenvalue weighted by Gasteiger charge is 2.47. The fourth-order valence-corrected chi connectivity index (χ4v) is 11.0. The van der Waals surface area contributed by atoms with Gasteiger partial charge in [-0.3, -0.25) is 0 Å². The zero-order valence-corrected chi connectivity index (χ0v) is 37.8. The number of hydrogen-bond acceptors (Lipinski definition) is 2. The number of para-hydroxylation sites is 1. The Hall–Kier alpha value is -8.98. The van der Waals surface area contributed by atoms with Crippen LogP contribution in [0.4, 0.5) is 17.1 Å². The van der Waals surface area contributed by atoms with Crippen LogP contribution in [0, 0.1) is 0 Å². The van der Waals surface area contributed by atoms with Gasteiger partial charge in [-0.1, -0.05) is 212 Å². The van der Waals surface area contributed by atoms with Gasteiger partial charge in [-0.15, -0.1) is 0 Å². The Morgan fingerprint density at radius 1 is 0.275 bits per heavy atom. The first-order valence-electron chi connectivity index (χ1n) is 23.7. The van der Waals surface area contributed by atoms with Gasteiger partial charge in [0.2, 0.25) is 0 Å². The lowest BCUT2D eigenvalue weighted by Gasteiger charge is -2.35. The average molecular weight is 880 g/mol. The van der Waals surface area contributed by atoms with E-state index in [2.05, 4.69) is 266 Å². The lowest BCUT2D eigenvalue weighted by molar-refractivity contribution is 0.669. The van der Waals surface area contributed by atoms with Crippen LogP contribution in [-0.4, -0.2) is 0 Å². The van der Waals surface area contributed by atoms with Gasteiger partial charge in [0.25, 0.3) is 0 Å². The van der Waals surface area contributed by atoms with Gasteiger partial charge in [0.15, 0.2) is 0 Å². The lowest BCUT2D eigenvalue weighted by atomic mass is 9.67. The van der Waals surface area contributed by atoms with Crippen LogP contribution < -0.4 is 4.90 Å². The molecule has 0 N–H and O–H groups in total. The Bertz CT molecular complexity index is 3800. The Kier molecular flexibility index (Phi) is 9.77. The molecule has 1 heterocycles. The molecule has 1 aliphatic carbocycles. The molecule has 69 heavy (non-hydrogen) atoms. The summed E-state index contributed by atoms with van der Waals surface area (Å²) in [6, 6.07) is 99.5. The van der Waals surface area contributed by atoms with E-state index in [4.69, 9.17) is 4.42 Å². The van der Waals surface area contributed by atoms with Crippen molar-refractivity contribution in [3.05, 3.63) is 295 Å². The molecule has 0 spiro atoms. The topological polar surface area (TPSA) is 16.4 Å².